The topological polar surface area (TPSA) is 23.1 Å². The van der Waals surface area contributed by atoms with Crippen LogP contribution >= 0.6 is 0 Å². The molecule has 0 bridgehead atoms. The Labute approximate surface area is 73.4 Å². The van der Waals surface area contributed by atoms with Gasteiger partial charge in [0, 0.05) is 19.0 Å². The van der Waals surface area contributed by atoms with Gasteiger partial charge in [-0.15, -0.1) is 0 Å². The molecule has 2 unspecified atom stereocenters. The first-order valence-corrected chi connectivity index (χ1v) is 4.68. The predicted molar refractivity (Wildman–Crippen MR) is 45.3 cm³/mol. The summed E-state index contributed by atoms with van der Waals surface area (Å²) in [6.07, 6.45) is 0.964. The van der Waals surface area contributed by atoms with Gasteiger partial charge in [-0.3, -0.25) is 0 Å². The minimum absolute atomic E-state index is 0.00759. The van der Waals surface area contributed by atoms with Crippen molar-refractivity contribution in [2.75, 3.05) is 26.2 Å². The normalized spacial score (nSPS) is 27.8. The summed E-state index contributed by atoms with van der Waals surface area (Å²) < 4.78 is 12.8. The van der Waals surface area contributed by atoms with Gasteiger partial charge in [0.05, 0.1) is 6.61 Å². The molecule has 1 fully saturated rings. The first-order valence-electron chi connectivity index (χ1n) is 4.68. The first kappa shape index (κ1) is 9.93. The summed E-state index contributed by atoms with van der Waals surface area (Å²) >= 11 is 0. The third-order valence-electron chi connectivity index (χ3n) is 2.58. The molecule has 1 aliphatic rings. The highest BCUT2D eigenvalue weighted by Gasteiger charge is 2.26. The van der Waals surface area contributed by atoms with E-state index < -0.39 is 6.17 Å². The summed E-state index contributed by atoms with van der Waals surface area (Å²) in [4.78, 5) is 2.19. The van der Waals surface area contributed by atoms with Crippen molar-refractivity contribution in [2.24, 2.45) is 5.92 Å². The zero-order chi connectivity index (χ0) is 8.97. The van der Waals surface area contributed by atoms with E-state index in [1.165, 1.54) is 0 Å². The van der Waals surface area contributed by atoms with Gasteiger partial charge in [-0.05, 0) is 26.3 Å². The van der Waals surface area contributed by atoms with E-state index in [0.29, 0.717) is 6.42 Å². The molecule has 3 heteroatoms. The van der Waals surface area contributed by atoms with Crippen LogP contribution in [0, 0.1) is 5.92 Å². The summed E-state index contributed by atoms with van der Waals surface area (Å²) in [6.45, 7) is 4.29. The second-order valence-corrected chi connectivity index (χ2v) is 3.58. The van der Waals surface area contributed by atoms with Crippen molar-refractivity contribution in [3.8, 4) is 0 Å². The number of nitrogens with zero attached hydrogens (tertiary/aromatic N) is 1. The lowest BCUT2D eigenvalue weighted by atomic mass is 10.1. The third kappa shape index (κ3) is 2.72. The summed E-state index contributed by atoms with van der Waals surface area (Å²) in [7, 11) is 0. The quantitative estimate of drug-likeness (QED) is 0.633. The lowest BCUT2D eigenvalue weighted by Gasteiger charge is -2.15. The largest absolute Gasteiger partial charge is 0.303 e. The van der Waals surface area contributed by atoms with Crippen molar-refractivity contribution in [3.05, 3.63) is 0 Å². The van der Waals surface area contributed by atoms with E-state index in [2.05, 4.69) is 4.90 Å². The van der Waals surface area contributed by atoms with Crippen molar-refractivity contribution < 1.29 is 9.50 Å². The van der Waals surface area contributed by atoms with Gasteiger partial charge in [0.1, 0.15) is 6.17 Å². The van der Waals surface area contributed by atoms with E-state index in [0.717, 1.165) is 26.1 Å². The Morgan fingerprint density at radius 3 is 2.92 bits per heavy atom. The molecule has 0 aromatic rings. The summed E-state index contributed by atoms with van der Waals surface area (Å²) in [5, 5.41) is 10.2. The zero-order valence-corrected chi connectivity index (χ0v) is 7.63. The molecule has 71 valence electrons. The molecule has 1 aliphatic heterocycles. The molecule has 0 aromatic carbocycles. The van der Waals surface area contributed by atoms with Crippen molar-refractivity contribution >= 4 is 0 Å². The number of hydrogen-bond acceptors (Lipinski definition) is 1. The van der Waals surface area contributed by atoms with Gasteiger partial charge in [0.25, 0.3) is 0 Å². The van der Waals surface area contributed by atoms with E-state index in [1.807, 2.05) is 0 Å². The van der Waals surface area contributed by atoms with Crippen molar-refractivity contribution in [1.82, 2.24) is 4.90 Å². The van der Waals surface area contributed by atoms with E-state index in [-0.39, 0.29) is 12.5 Å². The molecular weight excluding hydrogens is 157 g/mol. The predicted octanol–water partition coefficient (Wildman–Crippen LogP) is 1.49. The molecule has 1 saturated heterocycles. The fraction of sp³-hybridized carbons (Fsp3) is 1.00. The lowest BCUT2D eigenvalue weighted by molar-refractivity contribution is 0.169. The molecule has 0 saturated carbocycles. The standard InChI is InChI=1S/C9H17FNO/c1-8(10)9-3-5-11(7-9)4-2-6-12/h8-9H,2-7H2,1H3. The van der Waals surface area contributed by atoms with E-state index in [1.54, 1.807) is 6.92 Å². The van der Waals surface area contributed by atoms with Gasteiger partial charge in [0.15, 0.2) is 0 Å². The van der Waals surface area contributed by atoms with Crippen LogP contribution in [-0.2, 0) is 5.11 Å². The molecule has 1 heterocycles. The molecule has 0 N–H and O–H groups in total. The van der Waals surface area contributed by atoms with Crippen molar-refractivity contribution in [3.63, 3.8) is 0 Å². The van der Waals surface area contributed by atoms with Gasteiger partial charge >= 0.3 is 0 Å². The third-order valence-corrected chi connectivity index (χ3v) is 2.58. The van der Waals surface area contributed by atoms with Gasteiger partial charge < -0.3 is 4.90 Å². The Bertz CT molecular complexity index is 130. The SMILES string of the molecule is CC(F)C1CCN(CCC[O])C1. The summed E-state index contributed by atoms with van der Waals surface area (Å²) in [6, 6.07) is 0. The Morgan fingerprint density at radius 1 is 1.67 bits per heavy atom. The number of alkyl halides is 1. The molecule has 12 heavy (non-hydrogen) atoms. The van der Waals surface area contributed by atoms with Crippen LogP contribution in [0.2, 0.25) is 0 Å². The maximum Gasteiger partial charge on any atom is 0.101 e. The van der Waals surface area contributed by atoms with Gasteiger partial charge in [-0.2, -0.15) is 0 Å². The second-order valence-electron chi connectivity index (χ2n) is 3.58. The van der Waals surface area contributed by atoms with Crippen LogP contribution < -0.4 is 0 Å². The Hall–Kier alpha value is -0.150. The maximum atomic E-state index is 12.8. The fourth-order valence-corrected chi connectivity index (χ4v) is 1.73. The van der Waals surface area contributed by atoms with E-state index in [9.17, 15) is 9.50 Å². The molecule has 2 nitrogen and oxygen atoms in total. The summed E-state index contributed by atoms with van der Waals surface area (Å²) in [5.74, 6) is 0.205. The number of likely N-dealkylation sites (tertiary alicyclic amines) is 1. The highest BCUT2D eigenvalue weighted by atomic mass is 19.1. The average molecular weight is 174 g/mol. The van der Waals surface area contributed by atoms with Crippen LogP contribution in [0.25, 0.3) is 0 Å². The Morgan fingerprint density at radius 2 is 2.42 bits per heavy atom. The van der Waals surface area contributed by atoms with Crippen LogP contribution in [0.3, 0.4) is 0 Å². The van der Waals surface area contributed by atoms with Crippen molar-refractivity contribution in [1.29, 1.82) is 0 Å². The molecule has 1 radical (unpaired) electrons. The average Bonchev–Trinajstić information content (AvgIpc) is 2.48. The van der Waals surface area contributed by atoms with Gasteiger partial charge in [0.2, 0.25) is 0 Å². The van der Waals surface area contributed by atoms with Crippen LogP contribution in [0.5, 0.6) is 0 Å². The minimum atomic E-state index is -0.692. The lowest BCUT2D eigenvalue weighted by Crippen LogP contribution is -2.24. The van der Waals surface area contributed by atoms with Crippen LogP contribution in [0.15, 0.2) is 0 Å². The Balaban J connectivity index is 2.17. The van der Waals surface area contributed by atoms with Crippen LogP contribution in [-0.4, -0.2) is 37.3 Å². The highest BCUT2D eigenvalue weighted by molar-refractivity contribution is 4.78. The molecule has 0 aliphatic carbocycles. The van der Waals surface area contributed by atoms with E-state index in [4.69, 9.17) is 0 Å². The molecule has 0 spiro atoms. The first-order chi connectivity index (χ1) is 5.74. The smallest absolute Gasteiger partial charge is 0.101 e. The maximum absolute atomic E-state index is 12.8. The molecule has 1 rings (SSSR count). The summed E-state index contributed by atoms with van der Waals surface area (Å²) in [5.41, 5.74) is 0. The molecular formula is C9H17FNO. The van der Waals surface area contributed by atoms with E-state index >= 15 is 0 Å². The number of rotatable bonds is 4. The Kier molecular flexibility index (Phi) is 3.95. The zero-order valence-electron chi connectivity index (χ0n) is 7.63. The molecule has 2 atom stereocenters. The van der Waals surface area contributed by atoms with Crippen LogP contribution in [0.4, 0.5) is 4.39 Å². The van der Waals surface area contributed by atoms with Gasteiger partial charge in [-0.1, -0.05) is 0 Å². The fourth-order valence-electron chi connectivity index (χ4n) is 1.73. The minimum Gasteiger partial charge on any atom is -0.303 e. The van der Waals surface area contributed by atoms with Gasteiger partial charge in [-0.25, -0.2) is 9.50 Å². The molecule has 0 aromatic heterocycles. The van der Waals surface area contributed by atoms with Crippen molar-refractivity contribution in [2.45, 2.75) is 25.9 Å². The van der Waals surface area contributed by atoms with Crippen LogP contribution in [0.1, 0.15) is 19.8 Å². The number of hydrogen-bond donors (Lipinski definition) is 0. The second kappa shape index (κ2) is 4.77. The highest BCUT2D eigenvalue weighted by Crippen LogP contribution is 2.21. The monoisotopic (exact) mass is 174 g/mol. The number of halogens is 1. The molecule has 0 amide bonds.